The van der Waals surface area contributed by atoms with Crippen LogP contribution in [-0.4, -0.2) is 25.1 Å². The molecule has 5 nitrogen and oxygen atoms in total. The van der Waals surface area contributed by atoms with Crippen molar-refractivity contribution in [2.24, 2.45) is 0 Å². The van der Waals surface area contributed by atoms with Gasteiger partial charge in [0.1, 0.15) is 5.75 Å². The molecule has 2 aromatic carbocycles. The zero-order chi connectivity index (χ0) is 17.4. The summed E-state index contributed by atoms with van der Waals surface area (Å²) in [6.45, 7) is 1.46. The van der Waals surface area contributed by atoms with Gasteiger partial charge >= 0.3 is 5.97 Å². The fraction of sp³-hybridized carbons (Fsp3) is 0.222. The molecule has 0 aromatic heterocycles. The maximum absolute atomic E-state index is 11.8. The fourth-order valence-corrected chi connectivity index (χ4v) is 2.28. The largest absolute Gasteiger partial charge is 0.482 e. The second kappa shape index (κ2) is 9.08. The summed E-state index contributed by atoms with van der Waals surface area (Å²) in [6, 6.07) is 14.6. The van der Waals surface area contributed by atoms with Gasteiger partial charge in [-0.1, -0.05) is 31.2 Å². The van der Waals surface area contributed by atoms with Gasteiger partial charge in [0.25, 0.3) is 5.91 Å². The summed E-state index contributed by atoms with van der Waals surface area (Å²) in [7, 11) is 0. The van der Waals surface area contributed by atoms with Crippen molar-refractivity contribution in [1.82, 2.24) is 0 Å². The number of anilines is 1. The second-order valence-electron chi connectivity index (χ2n) is 4.97. The lowest BCUT2D eigenvalue weighted by Gasteiger charge is -2.09. The zero-order valence-electron chi connectivity index (χ0n) is 13.3. The van der Waals surface area contributed by atoms with Crippen molar-refractivity contribution in [2.75, 3.05) is 18.5 Å². The molecule has 2 rings (SSSR count). The quantitative estimate of drug-likeness (QED) is 0.732. The highest BCUT2D eigenvalue weighted by atomic mass is 79.9. The van der Waals surface area contributed by atoms with E-state index in [1.807, 2.05) is 18.2 Å². The zero-order valence-corrected chi connectivity index (χ0v) is 14.8. The van der Waals surface area contributed by atoms with Gasteiger partial charge in [0.2, 0.25) is 0 Å². The molecule has 1 amide bonds. The van der Waals surface area contributed by atoms with Crippen molar-refractivity contribution in [3.63, 3.8) is 0 Å². The minimum Gasteiger partial charge on any atom is -0.482 e. The van der Waals surface area contributed by atoms with Gasteiger partial charge in [-0.3, -0.25) is 4.79 Å². The standard InChI is InChI=1S/C18H18BrNO4/c1-2-13-7-9-14(10-8-13)23-12-18(22)24-11-17(21)20-16-6-4-3-5-15(16)19/h3-10H,2,11-12H2,1H3,(H,20,21). The highest BCUT2D eigenvalue weighted by molar-refractivity contribution is 9.10. The molecule has 0 saturated carbocycles. The van der Waals surface area contributed by atoms with Gasteiger partial charge < -0.3 is 14.8 Å². The van der Waals surface area contributed by atoms with Crippen LogP contribution in [0.2, 0.25) is 0 Å². The Labute approximate surface area is 149 Å². The second-order valence-corrected chi connectivity index (χ2v) is 5.83. The summed E-state index contributed by atoms with van der Waals surface area (Å²) in [5, 5.41) is 2.65. The first-order valence-electron chi connectivity index (χ1n) is 7.50. The molecule has 2 aromatic rings. The molecule has 0 aliphatic heterocycles. The Hall–Kier alpha value is -2.34. The van der Waals surface area contributed by atoms with E-state index >= 15 is 0 Å². The molecule has 6 heteroatoms. The summed E-state index contributed by atoms with van der Waals surface area (Å²) in [5.74, 6) is -0.429. The van der Waals surface area contributed by atoms with Crippen LogP contribution in [0, 0.1) is 0 Å². The molecule has 0 aliphatic carbocycles. The summed E-state index contributed by atoms with van der Waals surface area (Å²) >= 11 is 3.32. The van der Waals surface area contributed by atoms with Crippen LogP contribution in [-0.2, 0) is 20.7 Å². The molecule has 0 bridgehead atoms. The Kier molecular flexibility index (Phi) is 6.81. The molecule has 0 fully saturated rings. The molecule has 1 N–H and O–H groups in total. The van der Waals surface area contributed by atoms with Crippen LogP contribution in [0.15, 0.2) is 53.0 Å². The van der Waals surface area contributed by atoms with Crippen LogP contribution in [0.1, 0.15) is 12.5 Å². The van der Waals surface area contributed by atoms with E-state index in [1.54, 1.807) is 30.3 Å². The van der Waals surface area contributed by atoms with E-state index in [0.717, 1.165) is 10.9 Å². The Morgan fingerprint density at radius 2 is 1.75 bits per heavy atom. The third kappa shape index (κ3) is 5.70. The number of halogens is 1. The Morgan fingerprint density at radius 3 is 2.42 bits per heavy atom. The lowest BCUT2D eigenvalue weighted by atomic mass is 10.2. The third-order valence-electron chi connectivity index (χ3n) is 3.20. The lowest BCUT2D eigenvalue weighted by molar-refractivity contribution is -0.149. The van der Waals surface area contributed by atoms with Crippen molar-refractivity contribution in [3.05, 3.63) is 58.6 Å². The SMILES string of the molecule is CCc1ccc(OCC(=O)OCC(=O)Nc2ccccc2Br)cc1. The highest BCUT2D eigenvalue weighted by Crippen LogP contribution is 2.20. The Balaban J connectivity index is 1.72. The van der Waals surface area contributed by atoms with E-state index in [2.05, 4.69) is 28.2 Å². The van der Waals surface area contributed by atoms with E-state index < -0.39 is 11.9 Å². The van der Waals surface area contributed by atoms with Gasteiger partial charge in [-0.15, -0.1) is 0 Å². The van der Waals surface area contributed by atoms with Gasteiger partial charge in [0.15, 0.2) is 13.2 Å². The molecule has 126 valence electrons. The lowest BCUT2D eigenvalue weighted by Crippen LogP contribution is -2.23. The average molecular weight is 392 g/mol. The van der Waals surface area contributed by atoms with Crippen LogP contribution in [0.3, 0.4) is 0 Å². The van der Waals surface area contributed by atoms with Crippen LogP contribution >= 0.6 is 15.9 Å². The van der Waals surface area contributed by atoms with E-state index in [-0.39, 0.29) is 13.2 Å². The van der Waals surface area contributed by atoms with Crippen molar-refractivity contribution >= 4 is 33.5 Å². The van der Waals surface area contributed by atoms with Gasteiger partial charge in [0, 0.05) is 4.47 Å². The number of esters is 1. The summed E-state index contributed by atoms with van der Waals surface area (Å²) in [6.07, 6.45) is 0.939. The number of aryl methyl sites for hydroxylation is 1. The number of carbonyl (C=O) groups excluding carboxylic acids is 2. The van der Waals surface area contributed by atoms with Crippen LogP contribution < -0.4 is 10.1 Å². The fourth-order valence-electron chi connectivity index (χ4n) is 1.90. The van der Waals surface area contributed by atoms with Gasteiger partial charge in [0.05, 0.1) is 5.69 Å². The summed E-state index contributed by atoms with van der Waals surface area (Å²) in [4.78, 5) is 23.4. The van der Waals surface area contributed by atoms with Crippen molar-refractivity contribution in [3.8, 4) is 5.75 Å². The van der Waals surface area contributed by atoms with Gasteiger partial charge in [-0.25, -0.2) is 4.79 Å². The maximum Gasteiger partial charge on any atom is 0.344 e. The number of rotatable bonds is 7. The summed E-state index contributed by atoms with van der Waals surface area (Å²) < 4.78 is 11.0. The molecule has 24 heavy (non-hydrogen) atoms. The number of para-hydroxylation sites is 1. The van der Waals surface area contributed by atoms with Crippen molar-refractivity contribution in [2.45, 2.75) is 13.3 Å². The van der Waals surface area contributed by atoms with Crippen molar-refractivity contribution < 1.29 is 19.1 Å². The molecule has 0 saturated heterocycles. The smallest absolute Gasteiger partial charge is 0.344 e. The van der Waals surface area contributed by atoms with E-state index in [9.17, 15) is 9.59 Å². The Morgan fingerprint density at radius 1 is 1.04 bits per heavy atom. The number of benzene rings is 2. The minimum atomic E-state index is -0.600. The van der Waals surface area contributed by atoms with Crippen LogP contribution in [0.25, 0.3) is 0 Å². The molecular weight excluding hydrogens is 374 g/mol. The normalized spacial score (nSPS) is 10.1. The number of nitrogens with one attached hydrogen (secondary N) is 1. The van der Waals surface area contributed by atoms with E-state index in [4.69, 9.17) is 9.47 Å². The van der Waals surface area contributed by atoms with Crippen molar-refractivity contribution in [1.29, 1.82) is 0 Å². The number of amides is 1. The molecule has 0 atom stereocenters. The van der Waals surface area contributed by atoms with Crippen LogP contribution in [0.4, 0.5) is 5.69 Å². The molecule has 0 radical (unpaired) electrons. The number of hydrogen-bond acceptors (Lipinski definition) is 4. The van der Waals surface area contributed by atoms with E-state index in [1.165, 1.54) is 5.56 Å². The topological polar surface area (TPSA) is 64.6 Å². The first kappa shape index (κ1) is 18.0. The average Bonchev–Trinajstić information content (AvgIpc) is 2.60. The van der Waals surface area contributed by atoms with Gasteiger partial charge in [-0.2, -0.15) is 0 Å². The maximum atomic E-state index is 11.8. The minimum absolute atomic E-state index is 0.242. The monoisotopic (exact) mass is 391 g/mol. The third-order valence-corrected chi connectivity index (χ3v) is 3.89. The highest BCUT2D eigenvalue weighted by Gasteiger charge is 2.10. The molecule has 0 heterocycles. The van der Waals surface area contributed by atoms with E-state index in [0.29, 0.717) is 11.4 Å². The molecule has 0 aliphatic rings. The van der Waals surface area contributed by atoms with Crippen LogP contribution in [0.5, 0.6) is 5.75 Å². The number of carbonyl (C=O) groups is 2. The molecule has 0 unspecified atom stereocenters. The number of hydrogen-bond donors (Lipinski definition) is 1. The first-order valence-corrected chi connectivity index (χ1v) is 8.29. The van der Waals surface area contributed by atoms with Gasteiger partial charge in [-0.05, 0) is 52.2 Å². The first-order chi connectivity index (χ1) is 11.6. The molecule has 0 spiro atoms. The Bertz CT molecular complexity index is 700. The predicted octanol–water partition coefficient (Wildman–Crippen LogP) is 3.57. The predicted molar refractivity (Wildman–Crippen MR) is 95.0 cm³/mol. The summed E-state index contributed by atoms with van der Waals surface area (Å²) in [5.41, 5.74) is 1.81. The number of ether oxygens (including phenoxy) is 2. The molecular formula is C18H18BrNO4.